The van der Waals surface area contributed by atoms with Crippen molar-refractivity contribution in [2.75, 3.05) is 29.9 Å². The molecule has 0 bridgehead atoms. The molecule has 1 aliphatic rings. The summed E-state index contributed by atoms with van der Waals surface area (Å²) in [4.78, 5) is 21.8. The lowest BCUT2D eigenvalue weighted by Gasteiger charge is -2.32. The largest absolute Gasteiger partial charge is 0.364 e. The molecule has 150 valence electrons. The zero-order valence-corrected chi connectivity index (χ0v) is 16.7. The predicted molar refractivity (Wildman–Crippen MR) is 112 cm³/mol. The van der Waals surface area contributed by atoms with Gasteiger partial charge in [0, 0.05) is 19.6 Å². The van der Waals surface area contributed by atoms with Crippen LogP contribution in [-0.4, -0.2) is 34.5 Å². The third kappa shape index (κ3) is 5.18. The highest BCUT2D eigenvalue weighted by Crippen LogP contribution is 2.34. The molecular weight excluding hydrogens is 354 g/mol. The van der Waals surface area contributed by atoms with Crippen LogP contribution in [0.1, 0.15) is 38.7 Å². The molecule has 0 unspecified atom stereocenters. The van der Waals surface area contributed by atoms with Gasteiger partial charge in [0.05, 0.1) is 4.92 Å². The van der Waals surface area contributed by atoms with Crippen LogP contribution in [0.5, 0.6) is 0 Å². The summed E-state index contributed by atoms with van der Waals surface area (Å²) in [6, 6.07) is 10.5. The average Bonchev–Trinajstić information content (AvgIpc) is 2.69. The van der Waals surface area contributed by atoms with Crippen LogP contribution in [0, 0.1) is 22.0 Å². The zero-order chi connectivity index (χ0) is 19.9. The van der Waals surface area contributed by atoms with Crippen LogP contribution in [0.3, 0.4) is 0 Å². The number of nitro groups is 1. The van der Waals surface area contributed by atoms with Crippen LogP contribution in [0.4, 0.5) is 17.3 Å². The summed E-state index contributed by atoms with van der Waals surface area (Å²) >= 11 is 0. The van der Waals surface area contributed by atoms with Crippen LogP contribution in [0.2, 0.25) is 0 Å². The van der Waals surface area contributed by atoms with Gasteiger partial charge in [0.25, 0.3) is 0 Å². The van der Waals surface area contributed by atoms with Gasteiger partial charge in [-0.05, 0) is 43.1 Å². The number of piperidine rings is 1. The fraction of sp³-hybridized carbons (Fsp3) is 0.524. The van der Waals surface area contributed by atoms with E-state index in [0.29, 0.717) is 30.0 Å². The van der Waals surface area contributed by atoms with E-state index < -0.39 is 0 Å². The molecule has 7 nitrogen and oxygen atoms in total. The summed E-state index contributed by atoms with van der Waals surface area (Å²) in [6.45, 7) is 6.47. The quantitative estimate of drug-likeness (QED) is 0.540. The number of nitrogens with zero attached hydrogens (tertiary/aromatic N) is 4. The molecule has 1 saturated heterocycles. The predicted octanol–water partition coefficient (Wildman–Crippen LogP) is 4.30. The molecule has 2 heterocycles. The van der Waals surface area contributed by atoms with E-state index in [1.165, 1.54) is 11.9 Å². The van der Waals surface area contributed by atoms with Crippen LogP contribution in [0.25, 0.3) is 0 Å². The Morgan fingerprint density at radius 2 is 1.93 bits per heavy atom. The average molecular weight is 383 g/mol. The summed E-state index contributed by atoms with van der Waals surface area (Å²) in [5.74, 6) is 1.88. The van der Waals surface area contributed by atoms with Gasteiger partial charge in [0.2, 0.25) is 11.6 Å². The van der Waals surface area contributed by atoms with Gasteiger partial charge in [0.1, 0.15) is 6.33 Å². The topological polar surface area (TPSA) is 84.2 Å². The van der Waals surface area contributed by atoms with Gasteiger partial charge in [-0.3, -0.25) is 10.1 Å². The Morgan fingerprint density at radius 1 is 1.21 bits per heavy atom. The molecular formula is C21H29N5O2. The smallest absolute Gasteiger partial charge is 0.353 e. The molecule has 0 aliphatic carbocycles. The van der Waals surface area contributed by atoms with Crippen molar-refractivity contribution in [1.82, 2.24) is 9.97 Å². The summed E-state index contributed by atoms with van der Waals surface area (Å²) in [5, 5.41) is 14.9. The monoisotopic (exact) mass is 383 g/mol. The third-order valence-electron chi connectivity index (χ3n) is 5.28. The minimum Gasteiger partial charge on any atom is -0.364 e. The number of benzene rings is 1. The van der Waals surface area contributed by atoms with Gasteiger partial charge in [0.15, 0.2) is 0 Å². The highest BCUT2D eigenvalue weighted by molar-refractivity contribution is 5.70. The number of hydrogen-bond donors (Lipinski definition) is 1. The lowest BCUT2D eigenvalue weighted by atomic mass is 9.90. The zero-order valence-electron chi connectivity index (χ0n) is 16.7. The molecule has 7 heteroatoms. The summed E-state index contributed by atoms with van der Waals surface area (Å²) in [7, 11) is 0. The van der Waals surface area contributed by atoms with E-state index in [1.807, 2.05) is 11.0 Å². The van der Waals surface area contributed by atoms with Crippen molar-refractivity contribution in [3.05, 3.63) is 52.3 Å². The molecule has 1 aliphatic heterocycles. The number of hydrogen-bond acceptors (Lipinski definition) is 6. The summed E-state index contributed by atoms with van der Waals surface area (Å²) < 4.78 is 0. The van der Waals surface area contributed by atoms with Crippen LogP contribution in [0.15, 0.2) is 36.7 Å². The first-order chi connectivity index (χ1) is 13.5. The minimum absolute atomic E-state index is 0.00670. The Balaban J connectivity index is 1.67. The van der Waals surface area contributed by atoms with Crippen molar-refractivity contribution < 1.29 is 4.92 Å². The normalized spacial score (nSPS) is 15.0. The van der Waals surface area contributed by atoms with E-state index in [2.05, 4.69) is 53.4 Å². The number of nitrogens with one attached hydrogen (secondary N) is 1. The van der Waals surface area contributed by atoms with E-state index in [4.69, 9.17) is 0 Å². The molecule has 0 spiro atoms. The van der Waals surface area contributed by atoms with Gasteiger partial charge in [-0.15, -0.1) is 0 Å². The van der Waals surface area contributed by atoms with E-state index >= 15 is 0 Å². The molecule has 28 heavy (non-hydrogen) atoms. The first-order valence-corrected chi connectivity index (χ1v) is 10.1. The molecule has 3 rings (SSSR count). The maximum absolute atomic E-state index is 11.7. The number of anilines is 2. The molecule has 1 N–H and O–H groups in total. The van der Waals surface area contributed by atoms with Crippen molar-refractivity contribution >= 4 is 17.3 Å². The van der Waals surface area contributed by atoms with E-state index in [-0.39, 0.29) is 10.6 Å². The molecule has 0 saturated carbocycles. The van der Waals surface area contributed by atoms with E-state index in [9.17, 15) is 10.1 Å². The van der Waals surface area contributed by atoms with Crippen molar-refractivity contribution in [2.45, 2.75) is 39.5 Å². The lowest BCUT2D eigenvalue weighted by Crippen LogP contribution is -2.35. The SMILES string of the molecule is CC(C)CCNc1ncnc(N2CCC(Cc3ccccc3)CC2)c1[N+](=O)[O-]. The molecule has 0 atom stereocenters. The van der Waals surface area contributed by atoms with Gasteiger partial charge >= 0.3 is 5.69 Å². The molecule has 1 aromatic carbocycles. The second kappa shape index (κ2) is 9.48. The first-order valence-electron chi connectivity index (χ1n) is 10.1. The van der Waals surface area contributed by atoms with E-state index in [1.54, 1.807) is 0 Å². The molecule has 2 aromatic rings. The Hall–Kier alpha value is -2.70. The summed E-state index contributed by atoms with van der Waals surface area (Å²) in [5.41, 5.74) is 1.35. The van der Waals surface area contributed by atoms with Gasteiger partial charge < -0.3 is 10.2 Å². The first kappa shape index (κ1) is 20.0. The fourth-order valence-electron chi connectivity index (χ4n) is 3.67. The molecule has 0 radical (unpaired) electrons. The van der Waals surface area contributed by atoms with Gasteiger partial charge in [-0.1, -0.05) is 44.2 Å². The molecule has 1 fully saturated rings. The fourth-order valence-corrected chi connectivity index (χ4v) is 3.67. The van der Waals surface area contributed by atoms with Gasteiger partial charge in [-0.25, -0.2) is 9.97 Å². The minimum atomic E-state index is -0.358. The highest BCUT2D eigenvalue weighted by Gasteiger charge is 2.29. The Labute approximate surface area is 166 Å². The Kier molecular flexibility index (Phi) is 6.79. The maximum Gasteiger partial charge on any atom is 0.353 e. The van der Waals surface area contributed by atoms with Crippen LogP contribution in [-0.2, 0) is 6.42 Å². The number of aromatic nitrogens is 2. The van der Waals surface area contributed by atoms with Gasteiger partial charge in [-0.2, -0.15) is 0 Å². The lowest BCUT2D eigenvalue weighted by molar-refractivity contribution is -0.383. The second-order valence-corrected chi connectivity index (χ2v) is 7.88. The molecule has 1 aromatic heterocycles. The van der Waals surface area contributed by atoms with Crippen LogP contribution < -0.4 is 10.2 Å². The third-order valence-corrected chi connectivity index (χ3v) is 5.28. The van der Waals surface area contributed by atoms with Crippen molar-refractivity contribution in [3.8, 4) is 0 Å². The second-order valence-electron chi connectivity index (χ2n) is 7.88. The standard InChI is InChI=1S/C21H29N5O2/c1-16(2)8-11-22-20-19(26(27)28)21(24-15-23-20)25-12-9-18(10-13-25)14-17-6-4-3-5-7-17/h3-7,15-16,18H,8-14H2,1-2H3,(H,22,23,24). The molecule has 0 amide bonds. The Morgan fingerprint density at radius 3 is 2.57 bits per heavy atom. The maximum atomic E-state index is 11.7. The summed E-state index contributed by atoms with van der Waals surface area (Å²) in [6.07, 6.45) is 5.43. The highest BCUT2D eigenvalue weighted by atomic mass is 16.6. The van der Waals surface area contributed by atoms with Crippen molar-refractivity contribution in [1.29, 1.82) is 0 Å². The van der Waals surface area contributed by atoms with Crippen molar-refractivity contribution in [3.63, 3.8) is 0 Å². The Bertz CT molecular complexity index is 774. The van der Waals surface area contributed by atoms with Crippen LogP contribution >= 0.6 is 0 Å². The number of rotatable bonds is 8. The van der Waals surface area contributed by atoms with Crippen molar-refractivity contribution in [2.24, 2.45) is 11.8 Å². The van der Waals surface area contributed by atoms with E-state index in [0.717, 1.165) is 38.8 Å².